The molecule has 1 amide bonds. The maximum atomic E-state index is 11.0. The summed E-state index contributed by atoms with van der Waals surface area (Å²) < 4.78 is 15.6. The quantitative estimate of drug-likeness (QED) is 0.545. The molecule has 1 aliphatic heterocycles. The summed E-state index contributed by atoms with van der Waals surface area (Å²) >= 11 is 0. The molecule has 5 atom stereocenters. The third-order valence-corrected chi connectivity index (χ3v) is 2.76. The summed E-state index contributed by atoms with van der Waals surface area (Å²) in [6.45, 7) is 1.03. The molecule has 0 radical (unpaired) electrons. The molecule has 0 aromatic heterocycles. The van der Waals surface area contributed by atoms with Crippen molar-refractivity contribution in [1.82, 2.24) is 5.32 Å². The monoisotopic (exact) mass is 249 g/mol. The number of ether oxygens (including phenoxy) is 3. The van der Waals surface area contributed by atoms with Crippen LogP contribution < -0.4 is 5.32 Å². The van der Waals surface area contributed by atoms with E-state index in [1.54, 1.807) is 0 Å². The maximum Gasteiger partial charge on any atom is 0.217 e. The van der Waals surface area contributed by atoms with Gasteiger partial charge in [0.1, 0.15) is 24.4 Å². The highest BCUT2D eigenvalue weighted by atomic mass is 16.6. The van der Waals surface area contributed by atoms with Crippen LogP contribution in [0.25, 0.3) is 0 Å². The first-order valence-electron chi connectivity index (χ1n) is 5.32. The molecule has 17 heavy (non-hydrogen) atoms. The normalized spacial score (nSPS) is 37.8. The highest BCUT2D eigenvalue weighted by molar-refractivity contribution is 5.73. The van der Waals surface area contributed by atoms with E-state index in [-0.39, 0.29) is 12.5 Å². The van der Waals surface area contributed by atoms with Crippen LogP contribution in [0.4, 0.5) is 0 Å². The predicted octanol–water partition coefficient (Wildman–Crippen LogP) is -1.77. The Bertz CT molecular complexity index is 261. The van der Waals surface area contributed by atoms with Gasteiger partial charge in [-0.25, -0.2) is 0 Å². The molecule has 1 rings (SSSR count). The van der Waals surface area contributed by atoms with Gasteiger partial charge < -0.3 is 29.7 Å². The fourth-order valence-corrected chi connectivity index (χ4v) is 2.02. The fourth-order valence-electron chi connectivity index (χ4n) is 2.02. The van der Waals surface area contributed by atoms with Gasteiger partial charge in [0.2, 0.25) is 5.91 Å². The van der Waals surface area contributed by atoms with E-state index in [0.717, 1.165) is 0 Å². The summed E-state index contributed by atoms with van der Waals surface area (Å²) in [6.07, 6.45) is -3.09. The van der Waals surface area contributed by atoms with Crippen molar-refractivity contribution >= 4 is 5.91 Å². The highest BCUT2D eigenvalue weighted by Gasteiger charge is 2.46. The summed E-state index contributed by atoms with van der Waals surface area (Å²) in [6, 6.07) is -0.731. The number of carbonyl (C=O) groups is 1. The number of carbonyl (C=O) groups excluding carboxylic acids is 1. The molecule has 100 valence electrons. The van der Waals surface area contributed by atoms with E-state index in [1.165, 1.54) is 21.1 Å². The van der Waals surface area contributed by atoms with Gasteiger partial charge in [-0.2, -0.15) is 0 Å². The lowest BCUT2D eigenvalue weighted by Crippen LogP contribution is -2.65. The van der Waals surface area contributed by atoms with E-state index in [0.29, 0.717) is 0 Å². The van der Waals surface area contributed by atoms with Crippen molar-refractivity contribution in [2.24, 2.45) is 0 Å². The minimum absolute atomic E-state index is 0.303. The van der Waals surface area contributed by atoms with Crippen molar-refractivity contribution < 1.29 is 29.2 Å². The van der Waals surface area contributed by atoms with Crippen LogP contribution in [0.1, 0.15) is 6.92 Å². The van der Waals surface area contributed by atoms with E-state index in [9.17, 15) is 9.90 Å². The van der Waals surface area contributed by atoms with Crippen LogP contribution in [0.2, 0.25) is 0 Å². The predicted molar refractivity (Wildman–Crippen MR) is 57.2 cm³/mol. The SMILES string of the molecule is CO[C@@H]1[C@@H](NC(C)=O)[C@H](O)O[C@H](CO)[C@H]1OC. The van der Waals surface area contributed by atoms with Gasteiger partial charge in [0, 0.05) is 21.1 Å². The third kappa shape index (κ3) is 3.14. The molecule has 0 saturated carbocycles. The van der Waals surface area contributed by atoms with Gasteiger partial charge in [-0.15, -0.1) is 0 Å². The Kier molecular flexibility index (Phi) is 5.29. The standard InChI is InChI=1S/C10H19NO6/c1-5(13)11-7-9(16-3)8(15-2)6(4-12)17-10(7)14/h6-10,12,14H,4H2,1-3H3,(H,11,13)/t6-,7-,8-,9-,10-/m1/s1. The Labute approximate surface area is 99.7 Å². The molecule has 0 bridgehead atoms. The second kappa shape index (κ2) is 6.27. The van der Waals surface area contributed by atoms with E-state index >= 15 is 0 Å². The molecular formula is C10H19NO6. The zero-order valence-electron chi connectivity index (χ0n) is 10.1. The number of hydrogen-bond donors (Lipinski definition) is 3. The summed E-state index contributed by atoms with van der Waals surface area (Å²) in [4.78, 5) is 11.0. The van der Waals surface area contributed by atoms with E-state index in [1.807, 2.05) is 0 Å². The van der Waals surface area contributed by atoms with Crippen LogP contribution in [-0.4, -0.2) is 67.6 Å². The molecule has 7 nitrogen and oxygen atoms in total. The van der Waals surface area contributed by atoms with Crippen molar-refractivity contribution in [2.75, 3.05) is 20.8 Å². The smallest absolute Gasteiger partial charge is 0.217 e. The van der Waals surface area contributed by atoms with Crippen LogP contribution in [0.3, 0.4) is 0 Å². The molecule has 0 spiro atoms. The molecule has 0 unspecified atom stereocenters. The lowest BCUT2D eigenvalue weighted by molar-refractivity contribution is -0.263. The van der Waals surface area contributed by atoms with Crippen molar-refractivity contribution in [3.63, 3.8) is 0 Å². The van der Waals surface area contributed by atoms with Gasteiger partial charge in [-0.05, 0) is 0 Å². The van der Waals surface area contributed by atoms with Crippen molar-refractivity contribution in [1.29, 1.82) is 0 Å². The number of amides is 1. The molecule has 3 N–H and O–H groups in total. The molecule has 0 aliphatic carbocycles. The molecule has 1 saturated heterocycles. The van der Waals surface area contributed by atoms with Gasteiger partial charge in [-0.1, -0.05) is 0 Å². The Morgan fingerprint density at radius 3 is 2.35 bits per heavy atom. The number of aliphatic hydroxyl groups excluding tert-OH is 2. The second-order valence-corrected chi connectivity index (χ2v) is 3.87. The lowest BCUT2D eigenvalue weighted by atomic mass is 9.96. The van der Waals surface area contributed by atoms with Gasteiger partial charge in [0.15, 0.2) is 6.29 Å². The molecule has 0 aromatic carbocycles. The number of aliphatic hydroxyl groups is 2. The molecule has 7 heteroatoms. The first kappa shape index (κ1) is 14.3. The van der Waals surface area contributed by atoms with Crippen molar-refractivity contribution in [3.05, 3.63) is 0 Å². The van der Waals surface area contributed by atoms with Gasteiger partial charge in [0.05, 0.1) is 6.61 Å². The van der Waals surface area contributed by atoms with Crippen LogP contribution in [0.5, 0.6) is 0 Å². The van der Waals surface area contributed by atoms with Gasteiger partial charge in [-0.3, -0.25) is 4.79 Å². The minimum atomic E-state index is -1.24. The molecule has 1 aliphatic rings. The summed E-state index contributed by atoms with van der Waals surface area (Å²) in [5.74, 6) is -0.308. The Morgan fingerprint density at radius 1 is 1.35 bits per heavy atom. The largest absolute Gasteiger partial charge is 0.394 e. The maximum absolute atomic E-state index is 11.0. The van der Waals surface area contributed by atoms with Crippen LogP contribution in [-0.2, 0) is 19.0 Å². The average molecular weight is 249 g/mol. The van der Waals surface area contributed by atoms with E-state index in [2.05, 4.69) is 5.32 Å². The van der Waals surface area contributed by atoms with Crippen LogP contribution >= 0.6 is 0 Å². The number of hydrogen-bond acceptors (Lipinski definition) is 6. The molecule has 1 heterocycles. The number of methoxy groups -OCH3 is 2. The first-order chi connectivity index (χ1) is 8.04. The summed E-state index contributed by atoms with van der Waals surface area (Å²) in [5, 5.41) is 21.4. The van der Waals surface area contributed by atoms with Crippen LogP contribution in [0.15, 0.2) is 0 Å². The Morgan fingerprint density at radius 2 is 1.94 bits per heavy atom. The number of nitrogens with one attached hydrogen (secondary N) is 1. The van der Waals surface area contributed by atoms with Gasteiger partial charge in [0.25, 0.3) is 0 Å². The van der Waals surface area contributed by atoms with E-state index < -0.39 is 30.6 Å². The van der Waals surface area contributed by atoms with E-state index in [4.69, 9.17) is 19.3 Å². The molecular weight excluding hydrogens is 230 g/mol. The fraction of sp³-hybridized carbons (Fsp3) is 0.900. The summed E-state index contributed by atoms with van der Waals surface area (Å²) in [7, 11) is 2.89. The first-order valence-corrected chi connectivity index (χ1v) is 5.32. The second-order valence-electron chi connectivity index (χ2n) is 3.87. The zero-order valence-corrected chi connectivity index (χ0v) is 10.1. The molecule has 0 aromatic rings. The lowest BCUT2D eigenvalue weighted by Gasteiger charge is -2.43. The number of rotatable bonds is 4. The average Bonchev–Trinajstić information content (AvgIpc) is 2.30. The highest BCUT2D eigenvalue weighted by Crippen LogP contribution is 2.23. The zero-order chi connectivity index (χ0) is 13.0. The minimum Gasteiger partial charge on any atom is -0.394 e. The van der Waals surface area contributed by atoms with Gasteiger partial charge >= 0.3 is 0 Å². The Balaban J connectivity index is 2.86. The Hall–Kier alpha value is -0.730. The third-order valence-electron chi connectivity index (χ3n) is 2.76. The molecule has 1 fully saturated rings. The van der Waals surface area contributed by atoms with Crippen LogP contribution in [0, 0.1) is 0 Å². The van der Waals surface area contributed by atoms with Crippen molar-refractivity contribution in [2.45, 2.75) is 37.6 Å². The topological polar surface area (TPSA) is 97.3 Å². The van der Waals surface area contributed by atoms with Crippen molar-refractivity contribution in [3.8, 4) is 0 Å². The summed E-state index contributed by atoms with van der Waals surface area (Å²) in [5.41, 5.74) is 0.